The van der Waals surface area contributed by atoms with E-state index in [-0.39, 0.29) is 19.1 Å². The van der Waals surface area contributed by atoms with Gasteiger partial charge in [-0.15, -0.1) is 0 Å². The van der Waals surface area contributed by atoms with Gasteiger partial charge in [0.15, 0.2) is 0 Å². The molecule has 1 aromatic rings. The Bertz CT molecular complexity index is 419. The third-order valence-corrected chi connectivity index (χ3v) is 3.35. The molecule has 0 saturated carbocycles. The number of hydrogen-bond acceptors (Lipinski definition) is 5. The molecule has 0 bridgehead atoms. The van der Waals surface area contributed by atoms with Crippen LogP contribution in [0, 0.1) is 0 Å². The van der Waals surface area contributed by atoms with Crippen LogP contribution in [0.4, 0.5) is 5.69 Å². The van der Waals surface area contributed by atoms with Gasteiger partial charge >= 0.3 is 5.97 Å². The molecule has 0 spiro atoms. The minimum Gasteiger partial charge on any atom is -0.462 e. The fourth-order valence-electron chi connectivity index (χ4n) is 1.98. The molecule has 0 aromatic heterocycles. The number of carbonyl (C=O) groups is 1. The lowest BCUT2D eigenvalue weighted by atomic mass is 10.2. The first-order valence-corrected chi connectivity index (χ1v) is 7.97. The van der Waals surface area contributed by atoms with E-state index in [1.807, 2.05) is 0 Å². The van der Waals surface area contributed by atoms with Crippen LogP contribution in [0.5, 0.6) is 0 Å². The van der Waals surface area contributed by atoms with E-state index in [4.69, 9.17) is 9.84 Å². The van der Waals surface area contributed by atoms with Gasteiger partial charge in [-0.2, -0.15) is 0 Å². The summed E-state index contributed by atoms with van der Waals surface area (Å²) < 4.78 is 5.23. The summed E-state index contributed by atoms with van der Waals surface area (Å²) in [6.07, 6.45) is 4.83. The van der Waals surface area contributed by atoms with E-state index in [0.29, 0.717) is 12.2 Å². The van der Waals surface area contributed by atoms with Gasteiger partial charge < -0.3 is 20.3 Å². The van der Waals surface area contributed by atoms with Crippen LogP contribution in [0.3, 0.4) is 0 Å². The molecule has 3 N–H and O–H groups in total. The van der Waals surface area contributed by atoms with E-state index in [9.17, 15) is 9.90 Å². The van der Waals surface area contributed by atoms with Crippen molar-refractivity contribution in [2.45, 2.75) is 45.1 Å². The number of unbranched alkanes of at least 4 members (excludes halogenated alkanes) is 4. The van der Waals surface area contributed by atoms with Gasteiger partial charge in [0, 0.05) is 12.2 Å². The van der Waals surface area contributed by atoms with Crippen LogP contribution < -0.4 is 5.32 Å². The largest absolute Gasteiger partial charge is 0.462 e. The van der Waals surface area contributed by atoms with Crippen LogP contribution in [0.1, 0.15) is 49.4 Å². The van der Waals surface area contributed by atoms with Crippen LogP contribution in [0.2, 0.25) is 0 Å². The molecule has 1 atom stereocenters. The number of carbonyl (C=O) groups excluding carboxylic acids is 1. The molecule has 0 saturated heterocycles. The third-order valence-electron chi connectivity index (χ3n) is 3.35. The molecular formula is C17H27NO4. The molecule has 124 valence electrons. The minimum atomic E-state index is -0.794. The number of ether oxygens (including phenoxy) is 1. The Labute approximate surface area is 132 Å². The maximum Gasteiger partial charge on any atom is 0.338 e. The number of nitrogens with one attached hydrogen (secondary N) is 1. The molecule has 5 heteroatoms. The number of aliphatic hydroxyl groups excluding tert-OH is 2. The van der Waals surface area contributed by atoms with E-state index < -0.39 is 6.10 Å². The average molecular weight is 309 g/mol. The Morgan fingerprint density at radius 2 is 1.86 bits per heavy atom. The Morgan fingerprint density at radius 1 is 1.18 bits per heavy atom. The van der Waals surface area contributed by atoms with Crippen molar-refractivity contribution < 1.29 is 19.7 Å². The summed E-state index contributed by atoms with van der Waals surface area (Å²) in [5, 5.41) is 21.0. The van der Waals surface area contributed by atoms with E-state index in [2.05, 4.69) is 12.2 Å². The minimum absolute atomic E-state index is 0.262. The van der Waals surface area contributed by atoms with Crippen LogP contribution in [-0.2, 0) is 4.74 Å². The summed E-state index contributed by atoms with van der Waals surface area (Å²) in [5.74, 6) is -0.308. The van der Waals surface area contributed by atoms with Gasteiger partial charge in [0.05, 0.1) is 24.9 Å². The van der Waals surface area contributed by atoms with Crippen LogP contribution in [0.15, 0.2) is 24.3 Å². The van der Waals surface area contributed by atoms with Gasteiger partial charge in [0.2, 0.25) is 0 Å². The smallest absolute Gasteiger partial charge is 0.338 e. The summed E-state index contributed by atoms with van der Waals surface area (Å²) in [5.41, 5.74) is 1.30. The van der Waals surface area contributed by atoms with Crippen molar-refractivity contribution in [1.82, 2.24) is 0 Å². The summed E-state index contributed by atoms with van der Waals surface area (Å²) in [6, 6.07) is 6.88. The molecule has 1 rings (SSSR count). The zero-order valence-corrected chi connectivity index (χ0v) is 13.3. The Morgan fingerprint density at radius 3 is 2.50 bits per heavy atom. The zero-order valence-electron chi connectivity index (χ0n) is 13.3. The maximum atomic E-state index is 11.8. The van der Waals surface area contributed by atoms with E-state index in [1.165, 1.54) is 19.3 Å². The van der Waals surface area contributed by atoms with E-state index in [1.54, 1.807) is 24.3 Å². The van der Waals surface area contributed by atoms with E-state index >= 15 is 0 Å². The quantitative estimate of drug-likeness (QED) is 0.432. The molecule has 0 aliphatic carbocycles. The predicted octanol–water partition coefficient (Wildman–Crippen LogP) is 2.58. The lowest BCUT2D eigenvalue weighted by Gasteiger charge is -2.10. The molecule has 0 fully saturated rings. The van der Waals surface area contributed by atoms with Crippen molar-refractivity contribution in [3.05, 3.63) is 29.8 Å². The van der Waals surface area contributed by atoms with Crippen molar-refractivity contribution in [2.75, 3.05) is 25.1 Å². The highest BCUT2D eigenvalue weighted by atomic mass is 16.5. The SMILES string of the molecule is CCCCCCCOC(=O)c1ccc(NCC(O)CO)cc1. The van der Waals surface area contributed by atoms with Crippen LogP contribution in [0.25, 0.3) is 0 Å². The maximum absolute atomic E-state index is 11.8. The fraction of sp³-hybridized carbons (Fsp3) is 0.588. The predicted molar refractivity (Wildman–Crippen MR) is 87.1 cm³/mol. The topological polar surface area (TPSA) is 78.8 Å². The lowest BCUT2D eigenvalue weighted by Crippen LogP contribution is -2.22. The third kappa shape index (κ3) is 7.43. The first-order chi connectivity index (χ1) is 10.7. The second-order valence-corrected chi connectivity index (χ2v) is 5.34. The number of benzene rings is 1. The van der Waals surface area contributed by atoms with Gasteiger partial charge in [-0.25, -0.2) is 4.79 Å². The van der Waals surface area contributed by atoms with Gasteiger partial charge in [0.1, 0.15) is 0 Å². The molecule has 0 amide bonds. The molecule has 0 heterocycles. The monoisotopic (exact) mass is 309 g/mol. The molecule has 22 heavy (non-hydrogen) atoms. The van der Waals surface area contributed by atoms with Crippen molar-refractivity contribution in [3.63, 3.8) is 0 Å². The molecule has 0 aliphatic rings. The Kier molecular flexibility index (Phi) is 9.26. The van der Waals surface area contributed by atoms with Crippen molar-refractivity contribution in [2.24, 2.45) is 0 Å². The van der Waals surface area contributed by atoms with Gasteiger partial charge in [-0.05, 0) is 30.7 Å². The van der Waals surface area contributed by atoms with Gasteiger partial charge in [-0.1, -0.05) is 32.6 Å². The second kappa shape index (κ2) is 11.0. The Hall–Kier alpha value is -1.59. The molecular weight excluding hydrogens is 282 g/mol. The molecule has 0 radical (unpaired) electrons. The van der Waals surface area contributed by atoms with E-state index in [0.717, 1.165) is 18.5 Å². The Balaban J connectivity index is 2.28. The number of anilines is 1. The molecule has 1 unspecified atom stereocenters. The highest BCUT2D eigenvalue weighted by Gasteiger charge is 2.07. The molecule has 0 aliphatic heterocycles. The second-order valence-electron chi connectivity index (χ2n) is 5.34. The number of rotatable bonds is 11. The first kappa shape index (κ1) is 18.5. The van der Waals surface area contributed by atoms with Crippen LogP contribution >= 0.6 is 0 Å². The first-order valence-electron chi connectivity index (χ1n) is 7.97. The van der Waals surface area contributed by atoms with Crippen molar-refractivity contribution in [1.29, 1.82) is 0 Å². The zero-order chi connectivity index (χ0) is 16.2. The fourth-order valence-corrected chi connectivity index (χ4v) is 1.98. The van der Waals surface area contributed by atoms with Gasteiger partial charge in [-0.3, -0.25) is 0 Å². The lowest BCUT2D eigenvalue weighted by molar-refractivity contribution is 0.0497. The number of aliphatic hydroxyl groups is 2. The molecule has 1 aromatic carbocycles. The average Bonchev–Trinajstić information content (AvgIpc) is 2.56. The standard InChI is InChI=1S/C17H27NO4/c1-2-3-4-5-6-11-22-17(21)14-7-9-15(10-8-14)18-12-16(20)13-19/h7-10,16,18-20H,2-6,11-13H2,1H3. The normalized spacial score (nSPS) is 12.0. The summed E-state index contributed by atoms with van der Waals surface area (Å²) in [4.78, 5) is 11.8. The number of hydrogen-bond donors (Lipinski definition) is 3. The van der Waals surface area contributed by atoms with Crippen molar-refractivity contribution >= 4 is 11.7 Å². The summed E-state index contributed by atoms with van der Waals surface area (Å²) in [7, 11) is 0. The van der Waals surface area contributed by atoms with Crippen molar-refractivity contribution in [3.8, 4) is 0 Å². The molecule has 5 nitrogen and oxygen atoms in total. The van der Waals surface area contributed by atoms with Gasteiger partial charge in [0.25, 0.3) is 0 Å². The summed E-state index contributed by atoms with van der Waals surface area (Å²) >= 11 is 0. The highest BCUT2D eigenvalue weighted by Crippen LogP contribution is 2.11. The number of esters is 1. The highest BCUT2D eigenvalue weighted by molar-refractivity contribution is 5.89. The summed E-state index contributed by atoms with van der Waals surface area (Å²) in [6.45, 7) is 2.61. The van der Waals surface area contributed by atoms with Crippen LogP contribution in [-0.4, -0.2) is 42.0 Å².